The number of carbonyl (C=O) groups excluding carboxylic acids is 1. The fraction of sp³-hybridized carbons (Fsp3) is 0.333. The number of phenolic OH excluding ortho intramolecular Hbond substituents is 1. The number of carboxylic acids is 1. The second-order valence-electron chi connectivity index (χ2n) is 5.13. The van der Waals surface area contributed by atoms with Crippen LogP contribution in [0, 0.1) is 13.8 Å². The lowest BCUT2D eigenvalue weighted by atomic mass is 10.0. The van der Waals surface area contributed by atoms with E-state index in [1.807, 2.05) is 6.92 Å². The van der Waals surface area contributed by atoms with E-state index < -0.39 is 17.1 Å². The third kappa shape index (κ3) is 3.85. The summed E-state index contributed by atoms with van der Waals surface area (Å²) < 4.78 is 5.29. The van der Waals surface area contributed by atoms with Crippen molar-refractivity contribution in [2.24, 2.45) is 10.2 Å². The number of aryl methyl sites for hydroxylation is 1. The van der Waals surface area contributed by atoms with Crippen LogP contribution in [0.2, 0.25) is 0 Å². The zero-order valence-corrected chi connectivity index (χ0v) is 14.2. The molecule has 1 saturated heterocycles. The second-order valence-corrected chi connectivity index (χ2v) is 6.32. The Hall–Kier alpha value is -2.55. The predicted molar refractivity (Wildman–Crippen MR) is 90.9 cm³/mol. The molecule has 1 aliphatic heterocycles. The van der Waals surface area contributed by atoms with Crippen molar-refractivity contribution < 1.29 is 24.5 Å². The molecule has 0 radical (unpaired) electrons. The number of nitrogens with one attached hydrogen (secondary N) is 1. The van der Waals surface area contributed by atoms with Gasteiger partial charge in [0.1, 0.15) is 16.7 Å². The van der Waals surface area contributed by atoms with Crippen molar-refractivity contribution >= 4 is 35.0 Å². The number of ether oxygens (including phenoxy) is 1. The van der Waals surface area contributed by atoms with Crippen LogP contribution in [-0.2, 0) is 9.59 Å². The Balaban J connectivity index is 2.18. The molecule has 1 aromatic carbocycles. The zero-order chi connectivity index (χ0) is 17.9. The minimum absolute atomic E-state index is 0.0432. The molecule has 0 bridgehead atoms. The van der Waals surface area contributed by atoms with Crippen LogP contribution in [0.5, 0.6) is 11.5 Å². The molecule has 1 fully saturated rings. The van der Waals surface area contributed by atoms with Gasteiger partial charge >= 0.3 is 5.97 Å². The highest BCUT2D eigenvalue weighted by molar-refractivity contribution is 8.15. The van der Waals surface area contributed by atoms with E-state index in [2.05, 4.69) is 15.5 Å². The summed E-state index contributed by atoms with van der Waals surface area (Å²) in [6.45, 7) is 3.61. The molecule has 1 aliphatic rings. The normalized spacial score (nSPS) is 19.0. The van der Waals surface area contributed by atoms with E-state index in [1.165, 1.54) is 6.21 Å². The molecule has 2 rings (SSSR count). The van der Waals surface area contributed by atoms with Crippen molar-refractivity contribution in [1.29, 1.82) is 0 Å². The Morgan fingerprint density at radius 1 is 1.50 bits per heavy atom. The summed E-state index contributed by atoms with van der Waals surface area (Å²) >= 11 is 1.01. The number of amides is 1. The SMILES string of the molecule is COc1c(C)cc(O)c(C=NN=C2NC(=O)C(CC(=O)O)S2)c1C. The minimum atomic E-state index is -1.06. The van der Waals surface area contributed by atoms with Crippen LogP contribution in [0.4, 0.5) is 0 Å². The number of rotatable bonds is 5. The predicted octanol–water partition coefficient (Wildman–Crippen LogP) is 1.41. The van der Waals surface area contributed by atoms with Crippen LogP contribution in [0.3, 0.4) is 0 Å². The Labute approximate surface area is 142 Å². The number of nitrogens with zero attached hydrogens (tertiary/aromatic N) is 2. The monoisotopic (exact) mass is 351 g/mol. The summed E-state index contributed by atoms with van der Waals surface area (Å²) in [7, 11) is 1.54. The number of methoxy groups -OCH3 is 1. The third-order valence-electron chi connectivity index (χ3n) is 3.41. The Bertz CT molecular complexity index is 745. The highest BCUT2D eigenvalue weighted by atomic mass is 32.2. The lowest BCUT2D eigenvalue weighted by Gasteiger charge is -2.12. The maximum Gasteiger partial charge on any atom is 0.305 e. The first-order valence-corrected chi connectivity index (χ1v) is 7.89. The molecule has 0 saturated carbocycles. The smallest absolute Gasteiger partial charge is 0.305 e. The molecule has 9 heteroatoms. The number of hydrogen-bond donors (Lipinski definition) is 3. The van der Waals surface area contributed by atoms with Crippen molar-refractivity contribution in [2.75, 3.05) is 7.11 Å². The van der Waals surface area contributed by atoms with Gasteiger partial charge in [-0.05, 0) is 25.5 Å². The third-order valence-corrected chi connectivity index (χ3v) is 4.48. The molecule has 24 heavy (non-hydrogen) atoms. The minimum Gasteiger partial charge on any atom is -0.507 e. The van der Waals surface area contributed by atoms with Gasteiger partial charge in [0.05, 0.1) is 19.7 Å². The van der Waals surface area contributed by atoms with Gasteiger partial charge in [-0.2, -0.15) is 5.10 Å². The van der Waals surface area contributed by atoms with Crippen LogP contribution in [0.1, 0.15) is 23.1 Å². The second kappa shape index (κ2) is 7.35. The molecule has 1 amide bonds. The highest BCUT2D eigenvalue weighted by Gasteiger charge is 2.32. The quantitative estimate of drug-likeness (QED) is 0.545. The fourth-order valence-corrected chi connectivity index (χ4v) is 3.23. The number of aliphatic carboxylic acids is 1. The van der Waals surface area contributed by atoms with Gasteiger partial charge < -0.3 is 20.3 Å². The van der Waals surface area contributed by atoms with E-state index in [4.69, 9.17) is 9.84 Å². The van der Waals surface area contributed by atoms with Gasteiger partial charge in [0.2, 0.25) is 5.91 Å². The molecule has 0 aliphatic carbocycles. The largest absolute Gasteiger partial charge is 0.507 e. The topological polar surface area (TPSA) is 121 Å². The van der Waals surface area contributed by atoms with Gasteiger partial charge in [-0.15, -0.1) is 5.10 Å². The number of amidine groups is 1. The number of carbonyl (C=O) groups is 2. The lowest BCUT2D eigenvalue weighted by molar-refractivity contribution is -0.138. The summed E-state index contributed by atoms with van der Waals surface area (Å²) in [4.78, 5) is 22.3. The van der Waals surface area contributed by atoms with E-state index in [0.29, 0.717) is 16.9 Å². The highest BCUT2D eigenvalue weighted by Crippen LogP contribution is 2.31. The summed E-state index contributed by atoms with van der Waals surface area (Å²) in [6, 6.07) is 1.56. The molecule has 3 N–H and O–H groups in total. The van der Waals surface area contributed by atoms with Crippen molar-refractivity contribution in [3.05, 3.63) is 22.8 Å². The number of thioether (sulfide) groups is 1. The molecule has 8 nitrogen and oxygen atoms in total. The molecule has 1 heterocycles. The van der Waals surface area contributed by atoms with Crippen LogP contribution in [-0.4, -0.2) is 45.8 Å². The van der Waals surface area contributed by atoms with Gasteiger partial charge in [0.15, 0.2) is 5.17 Å². The fourth-order valence-electron chi connectivity index (χ4n) is 2.32. The van der Waals surface area contributed by atoms with Crippen LogP contribution in [0.15, 0.2) is 16.3 Å². The van der Waals surface area contributed by atoms with E-state index in [0.717, 1.165) is 17.3 Å². The first-order chi connectivity index (χ1) is 11.3. The van der Waals surface area contributed by atoms with Crippen molar-refractivity contribution in [2.45, 2.75) is 25.5 Å². The Morgan fingerprint density at radius 2 is 2.21 bits per heavy atom. The van der Waals surface area contributed by atoms with E-state index >= 15 is 0 Å². The van der Waals surface area contributed by atoms with Crippen molar-refractivity contribution in [3.63, 3.8) is 0 Å². The summed E-state index contributed by atoms with van der Waals surface area (Å²) in [5.74, 6) is -0.777. The molecule has 128 valence electrons. The maximum absolute atomic E-state index is 11.6. The number of hydrogen-bond acceptors (Lipinski definition) is 7. The van der Waals surface area contributed by atoms with E-state index in [1.54, 1.807) is 20.1 Å². The molecule has 0 spiro atoms. The standard InChI is InChI=1S/C15H17N3O5S/c1-7-4-10(19)9(8(2)13(7)23-3)6-16-18-15-17-14(22)11(24-15)5-12(20)21/h4,6,11,19H,5H2,1-3H3,(H,20,21)(H,17,18,22). The first-order valence-electron chi connectivity index (χ1n) is 7.01. The van der Waals surface area contributed by atoms with Crippen molar-refractivity contribution in [3.8, 4) is 11.5 Å². The van der Waals surface area contributed by atoms with E-state index in [9.17, 15) is 14.7 Å². The summed E-state index contributed by atoms with van der Waals surface area (Å²) in [6.07, 6.45) is 1.07. The van der Waals surface area contributed by atoms with Crippen molar-refractivity contribution in [1.82, 2.24) is 5.32 Å². The van der Waals surface area contributed by atoms with Gasteiger partial charge in [-0.1, -0.05) is 11.8 Å². The van der Waals surface area contributed by atoms with Gasteiger partial charge in [-0.25, -0.2) is 0 Å². The van der Waals surface area contributed by atoms with E-state index in [-0.39, 0.29) is 17.3 Å². The zero-order valence-electron chi connectivity index (χ0n) is 13.4. The maximum atomic E-state index is 11.6. The van der Waals surface area contributed by atoms with Gasteiger partial charge in [0, 0.05) is 11.1 Å². The average molecular weight is 351 g/mol. The summed E-state index contributed by atoms with van der Waals surface area (Å²) in [5.41, 5.74) is 1.97. The molecular weight excluding hydrogens is 334 g/mol. The van der Waals surface area contributed by atoms with Gasteiger partial charge in [0.25, 0.3) is 0 Å². The van der Waals surface area contributed by atoms with Crippen LogP contribution < -0.4 is 10.1 Å². The van der Waals surface area contributed by atoms with Crippen LogP contribution >= 0.6 is 11.8 Å². The summed E-state index contributed by atoms with van der Waals surface area (Å²) in [5, 5.41) is 28.5. The van der Waals surface area contributed by atoms with Crippen LogP contribution in [0.25, 0.3) is 0 Å². The Kier molecular flexibility index (Phi) is 5.45. The molecule has 0 aromatic heterocycles. The number of aromatic hydroxyl groups is 1. The first kappa shape index (κ1) is 17.8. The molecule has 1 atom stereocenters. The molecule has 1 unspecified atom stereocenters. The number of phenols is 1. The lowest BCUT2D eigenvalue weighted by Crippen LogP contribution is -2.26. The molecular formula is C15H17N3O5S. The number of benzene rings is 1. The average Bonchev–Trinajstić information content (AvgIpc) is 2.82. The Morgan fingerprint density at radius 3 is 2.83 bits per heavy atom. The number of carboxylic acid groups (broad SMARTS) is 1. The molecule has 1 aromatic rings. The van der Waals surface area contributed by atoms with Gasteiger partial charge in [-0.3, -0.25) is 9.59 Å².